The third-order valence-corrected chi connectivity index (χ3v) is 3.79. The zero-order valence-electron chi connectivity index (χ0n) is 9.07. The number of halogens is 1. The molecule has 0 bridgehead atoms. The third kappa shape index (κ3) is 2.92. The average molecular weight is 260 g/mol. The summed E-state index contributed by atoms with van der Waals surface area (Å²) < 4.78 is 4.97. The quantitative estimate of drug-likeness (QED) is 0.904. The van der Waals surface area contributed by atoms with Gasteiger partial charge in [0, 0.05) is 6.04 Å². The van der Waals surface area contributed by atoms with Crippen LogP contribution in [0, 0.1) is 0 Å². The van der Waals surface area contributed by atoms with Crippen molar-refractivity contribution in [3.63, 3.8) is 0 Å². The maximum Gasteiger partial charge on any atom is 0.318 e. The summed E-state index contributed by atoms with van der Waals surface area (Å²) in [7, 11) is 1.55. The third-order valence-electron chi connectivity index (χ3n) is 2.47. The Hall–Kier alpha value is -0.680. The van der Waals surface area contributed by atoms with Gasteiger partial charge in [0.2, 0.25) is 0 Å². The minimum Gasteiger partial charge on any atom is -0.467 e. The maximum atomic E-state index is 6.02. The first-order chi connectivity index (χ1) is 7.79. The molecular weight excluding hydrogens is 246 g/mol. The van der Waals surface area contributed by atoms with Crippen molar-refractivity contribution in [3.05, 3.63) is 11.2 Å². The fourth-order valence-electron chi connectivity index (χ4n) is 1.59. The van der Waals surface area contributed by atoms with Gasteiger partial charge in [0.15, 0.2) is 5.82 Å². The van der Waals surface area contributed by atoms with Crippen LogP contribution in [0.2, 0.25) is 5.02 Å². The van der Waals surface area contributed by atoms with Crippen molar-refractivity contribution in [1.82, 2.24) is 9.97 Å². The number of thioether (sulfide) groups is 1. The summed E-state index contributed by atoms with van der Waals surface area (Å²) in [6.45, 7) is 0. The number of nitrogens with zero attached hydrogens (tertiary/aromatic N) is 2. The van der Waals surface area contributed by atoms with Gasteiger partial charge >= 0.3 is 6.01 Å². The first-order valence-corrected chi connectivity index (χ1v) is 6.73. The summed E-state index contributed by atoms with van der Waals surface area (Å²) in [6.07, 6.45) is 3.86. The number of methoxy groups -OCH3 is 1. The van der Waals surface area contributed by atoms with Gasteiger partial charge in [0.25, 0.3) is 0 Å². The smallest absolute Gasteiger partial charge is 0.318 e. The van der Waals surface area contributed by atoms with E-state index in [2.05, 4.69) is 15.3 Å². The van der Waals surface area contributed by atoms with Crippen molar-refractivity contribution in [1.29, 1.82) is 0 Å². The van der Waals surface area contributed by atoms with E-state index < -0.39 is 0 Å². The highest BCUT2D eigenvalue weighted by Gasteiger charge is 2.15. The highest BCUT2D eigenvalue weighted by Crippen LogP contribution is 2.25. The van der Waals surface area contributed by atoms with Crippen LogP contribution in [0.4, 0.5) is 5.82 Å². The van der Waals surface area contributed by atoms with Crippen LogP contribution in [0.5, 0.6) is 6.01 Å². The van der Waals surface area contributed by atoms with Gasteiger partial charge in [-0.3, -0.25) is 0 Å². The van der Waals surface area contributed by atoms with Crippen LogP contribution in [0.3, 0.4) is 0 Å². The number of ether oxygens (including phenoxy) is 1. The zero-order chi connectivity index (χ0) is 11.4. The van der Waals surface area contributed by atoms with Crippen molar-refractivity contribution in [2.45, 2.75) is 18.9 Å². The van der Waals surface area contributed by atoms with Gasteiger partial charge in [0.05, 0.1) is 13.3 Å². The molecule has 0 unspecified atom stereocenters. The molecule has 4 nitrogen and oxygen atoms in total. The molecule has 2 heterocycles. The molecule has 0 spiro atoms. The molecule has 0 amide bonds. The predicted octanol–water partition coefficient (Wildman–Crippen LogP) is 2.45. The molecule has 2 rings (SSSR count). The van der Waals surface area contributed by atoms with E-state index in [1.165, 1.54) is 11.5 Å². The molecule has 16 heavy (non-hydrogen) atoms. The van der Waals surface area contributed by atoms with Crippen LogP contribution < -0.4 is 10.1 Å². The molecule has 1 aromatic heterocycles. The standard InChI is InChI=1S/C10H14ClN3OS/c1-15-10-12-6-8(11)9(14-10)13-7-2-4-16-5-3-7/h6-7H,2-5H2,1H3,(H,12,13,14). The van der Waals surface area contributed by atoms with Gasteiger partial charge in [-0.2, -0.15) is 16.7 Å². The van der Waals surface area contributed by atoms with E-state index in [0.717, 1.165) is 12.8 Å². The number of aromatic nitrogens is 2. The second kappa shape index (κ2) is 5.59. The Labute approximate surface area is 104 Å². The lowest BCUT2D eigenvalue weighted by Gasteiger charge is -2.23. The van der Waals surface area contributed by atoms with E-state index in [-0.39, 0.29) is 0 Å². The molecule has 1 aliphatic heterocycles. The normalized spacial score (nSPS) is 17.1. The largest absolute Gasteiger partial charge is 0.467 e. The molecule has 0 aromatic carbocycles. The molecule has 1 N–H and O–H groups in total. The second-order valence-electron chi connectivity index (χ2n) is 3.58. The summed E-state index contributed by atoms with van der Waals surface area (Å²) in [5, 5.41) is 3.89. The number of anilines is 1. The van der Waals surface area contributed by atoms with Crippen LogP contribution >= 0.6 is 23.4 Å². The molecule has 1 saturated heterocycles. The minimum absolute atomic E-state index is 0.345. The van der Waals surface area contributed by atoms with E-state index in [0.29, 0.717) is 22.9 Å². The maximum absolute atomic E-state index is 6.02. The summed E-state index contributed by atoms with van der Waals surface area (Å²) in [5.41, 5.74) is 0. The van der Waals surface area contributed by atoms with Crippen molar-refractivity contribution in [2.75, 3.05) is 23.9 Å². The summed E-state index contributed by atoms with van der Waals surface area (Å²) in [4.78, 5) is 8.14. The highest BCUT2D eigenvalue weighted by molar-refractivity contribution is 7.99. The lowest BCUT2D eigenvalue weighted by Crippen LogP contribution is -2.25. The van der Waals surface area contributed by atoms with Crippen LogP contribution in [-0.2, 0) is 0 Å². The topological polar surface area (TPSA) is 47.0 Å². The molecular formula is C10H14ClN3OS. The first-order valence-electron chi connectivity index (χ1n) is 5.20. The number of nitrogens with one attached hydrogen (secondary N) is 1. The lowest BCUT2D eigenvalue weighted by molar-refractivity contribution is 0.380. The molecule has 0 radical (unpaired) electrons. The Bertz CT molecular complexity index is 358. The van der Waals surface area contributed by atoms with Gasteiger partial charge in [-0.15, -0.1) is 0 Å². The van der Waals surface area contributed by atoms with Crippen molar-refractivity contribution >= 4 is 29.2 Å². The van der Waals surface area contributed by atoms with E-state index in [9.17, 15) is 0 Å². The van der Waals surface area contributed by atoms with E-state index in [1.54, 1.807) is 13.3 Å². The Kier molecular flexibility index (Phi) is 4.12. The molecule has 88 valence electrons. The molecule has 0 atom stereocenters. The molecule has 0 saturated carbocycles. The monoisotopic (exact) mass is 259 g/mol. The Morgan fingerprint density at radius 3 is 2.94 bits per heavy atom. The van der Waals surface area contributed by atoms with E-state index in [1.807, 2.05) is 11.8 Å². The second-order valence-corrected chi connectivity index (χ2v) is 5.22. The fraction of sp³-hybridized carbons (Fsp3) is 0.600. The molecule has 6 heteroatoms. The average Bonchev–Trinajstić information content (AvgIpc) is 2.33. The fourth-order valence-corrected chi connectivity index (χ4v) is 2.84. The van der Waals surface area contributed by atoms with Crippen molar-refractivity contribution in [3.8, 4) is 6.01 Å². The lowest BCUT2D eigenvalue weighted by atomic mass is 10.1. The van der Waals surface area contributed by atoms with Crippen LogP contribution in [-0.4, -0.2) is 34.6 Å². The summed E-state index contributed by atoms with van der Waals surface area (Å²) in [5.74, 6) is 3.06. The van der Waals surface area contributed by atoms with Crippen LogP contribution in [0.15, 0.2) is 6.20 Å². The Morgan fingerprint density at radius 1 is 1.50 bits per heavy atom. The predicted molar refractivity (Wildman–Crippen MR) is 67.6 cm³/mol. The van der Waals surface area contributed by atoms with Crippen molar-refractivity contribution in [2.24, 2.45) is 0 Å². The van der Waals surface area contributed by atoms with Gasteiger partial charge in [-0.1, -0.05) is 11.6 Å². The number of hydrogen-bond acceptors (Lipinski definition) is 5. The summed E-state index contributed by atoms with van der Waals surface area (Å²) in [6, 6.07) is 0.801. The zero-order valence-corrected chi connectivity index (χ0v) is 10.6. The summed E-state index contributed by atoms with van der Waals surface area (Å²) >= 11 is 8.01. The van der Waals surface area contributed by atoms with Gasteiger partial charge in [-0.25, -0.2) is 4.98 Å². The van der Waals surface area contributed by atoms with E-state index in [4.69, 9.17) is 16.3 Å². The van der Waals surface area contributed by atoms with E-state index >= 15 is 0 Å². The number of rotatable bonds is 3. The minimum atomic E-state index is 0.345. The van der Waals surface area contributed by atoms with Crippen LogP contribution in [0.1, 0.15) is 12.8 Å². The molecule has 1 aliphatic rings. The highest BCUT2D eigenvalue weighted by atomic mass is 35.5. The van der Waals surface area contributed by atoms with Crippen LogP contribution in [0.25, 0.3) is 0 Å². The van der Waals surface area contributed by atoms with Gasteiger partial charge < -0.3 is 10.1 Å². The van der Waals surface area contributed by atoms with Gasteiger partial charge in [0.1, 0.15) is 5.02 Å². The first kappa shape index (κ1) is 11.8. The molecule has 1 aromatic rings. The SMILES string of the molecule is COc1ncc(Cl)c(NC2CCSCC2)n1. The van der Waals surface area contributed by atoms with Gasteiger partial charge in [-0.05, 0) is 24.3 Å². The Morgan fingerprint density at radius 2 is 2.25 bits per heavy atom. The molecule has 0 aliphatic carbocycles. The van der Waals surface area contributed by atoms with Crippen molar-refractivity contribution < 1.29 is 4.74 Å². The molecule has 1 fully saturated rings. The number of hydrogen-bond donors (Lipinski definition) is 1. The Balaban J connectivity index is 2.06.